The zero-order chi connectivity index (χ0) is 26.5. The summed E-state index contributed by atoms with van der Waals surface area (Å²) in [6.45, 7) is 9.00. The minimum absolute atomic E-state index is 0.162. The first kappa shape index (κ1) is 26.7. The summed E-state index contributed by atoms with van der Waals surface area (Å²) in [6.07, 6.45) is 0. The third kappa shape index (κ3) is 6.40. The van der Waals surface area contributed by atoms with Gasteiger partial charge in [0.15, 0.2) is 5.17 Å². The highest BCUT2D eigenvalue weighted by Crippen LogP contribution is 2.32. The fourth-order valence-electron chi connectivity index (χ4n) is 3.25. The van der Waals surface area contributed by atoms with Gasteiger partial charge in [-0.1, -0.05) is 35.7 Å². The number of nitriles is 1. The molecule has 0 unspecified atom stereocenters. The molecule has 0 radical (unpaired) electrons. The predicted molar refractivity (Wildman–Crippen MR) is 148 cm³/mol. The minimum atomic E-state index is -0.711. The van der Waals surface area contributed by atoms with Gasteiger partial charge in [-0.05, 0) is 87.6 Å². The number of hydrogen-bond donors (Lipinski definition) is 2. The van der Waals surface area contributed by atoms with Gasteiger partial charge in [-0.15, -0.1) is 11.3 Å². The number of nitrogens with one attached hydrogen (secondary N) is 2. The molecule has 6 nitrogen and oxygen atoms in total. The predicted octanol–water partition coefficient (Wildman–Crippen LogP) is 6.96. The molecule has 182 valence electrons. The molecule has 2 aromatic carbocycles. The Morgan fingerprint density at radius 2 is 1.78 bits per heavy atom. The number of halogens is 1. The molecule has 2 N–H and O–H groups in total. The van der Waals surface area contributed by atoms with Crippen molar-refractivity contribution in [2.24, 2.45) is 4.99 Å². The van der Waals surface area contributed by atoms with Crippen LogP contribution in [0.5, 0.6) is 0 Å². The molecule has 0 aliphatic carbocycles. The molecule has 1 heterocycles. The van der Waals surface area contributed by atoms with Gasteiger partial charge in [-0.25, -0.2) is 4.99 Å². The zero-order valence-corrected chi connectivity index (χ0v) is 22.2. The van der Waals surface area contributed by atoms with Crippen LogP contribution in [0, 0.1) is 37.0 Å². The van der Waals surface area contributed by atoms with E-state index in [1.807, 2.05) is 26.0 Å². The van der Waals surface area contributed by atoms with Gasteiger partial charge < -0.3 is 10.6 Å². The topological polar surface area (TPSA) is 94.3 Å². The summed E-state index contributed by atoms with van der Waals surface area (Å²) in [5, 5.41) is 16.0. The molecular weight excluding hydrogens is 492 g/mol. The van der Waals surface area contributed by atoms with Crippen LogP contribution in [0.2, 0.25) is 0 Å². The van der Waals surface area contributed by atoms with Crippen molar-refractivity contribution in [1.82, 2.24) is 0 Å². The van der Waals surface area contributed by atoms with Gasteiger partial charge >= 0.3 is 0 Å². The van der Waals surface area contributed by atoms with Crippen molar-refractivity contribution in [2.75, 3.05) is 10.6 Å². The number of aryl methyl sites for hydroxylation is 2. The molecular formula is C28H25ClN4O2S. The first-order chi connectivity index (χ1) is 17.0. The summed E-state index contributed by atoms with van der Waals surface area (Å²) < 4.78 is 0. The number of aliphatic imine (C=N–C) groups is 1. The molecule has 0 fully saturated rings. The van der Waals surface area contributed by atoms with Crippen molar-refractivity contribution in [3.63, 3.8) is 0 Å². The first-order valence-electron chi connectivity index (χ1n) is 11.1. The fraction of sp³-hybridized carbons (Fsp3) is 0.214. The number of nitrogens with zero attached hydrogens (tertiary/aromatic N) is 2. The number of rotatable bonds is 6. The van der Waals surface area contributed by atoms with Crippen molar-refractivity contribution in [1.29, 1.82) is 5.26 Å². The lowest BCUT2D eigenvalue weighted by molar-refractivity contribution is 0.102. The van der Waals surface area contributed by atoms with Crippen LogP contribution in [0.25, 0.3) is 0 Å². The van der Waals surface area contributed by atoms with E-state index in [1.54, 1.807) is 57.2 Å². The second-order valence-electron chi connectivity index (χ2n) is 8.63. The Bertz CT molecular complexity index is 1470. The lowest BCUT2D eigenvalue weighted by Crippen LogP contribution is -2.17. The second-order valence-corrected chi connectivity index (χ2v) is 10.0. The van der Waals surface area contributed by atoms with Crippen molar-refractivity contribution in [3.05, 3.63) is 75.7 Å². The Labute approximate surface area is 220 Å². The number of carbonyl (C=O) groups is 2. The molecule has 0 spiro atoms. The Kier molecular flexibility index (Phi) is 8.32. The highest BCUT2D eigenvalue weighted by Gasteiger charge is 2.21. The van der Waals surface area contributed by atoms with Crippen LogP contribution >= 0.6 is 22.9 Å². The molecule has 3 rings (SSSR count). The van der Waals surface area contributed by atoms with E-state index >= 15 is 0 Å². The molecule has 8 heteroatoms. The van der Waals surface area contributed by atoms with E-state index in [0.29, 0.717) is 26.8 Å². The average molecular weight is 517 g/mol. The lowest BCUT2D eigenvalue weighted by Gasteiger charge is -2.16. The van der Waals surface area contributed by atoms with Gasteiger partial charge in [0.05, 0.1) is 16.4 Å². The third-order valence-corrected chi connectivity index (χ3v) is 6.72. The molecule has 0 saturated carbocycles. The SMILES string of the molecule is CC#C/C(Cl)=N\c1sc(C(=O)Nc2cc(NC(=O)c3cccc(C(C)(C)C#N)c3)ccc2C)cc1C. The number of benzene rings is 2. The smallest absolute Gasteiger partial charge is 0.265 e. The van der Waals surface area contributed by atoms with Crippen LogP contribution in [0.4, 0.5) is 16.4 Å². The number of hydrogen-bond acceptors (Lipinski definition) is 5. The number of amides is 2. The van der Waals surface area contributed by atoms with Crippen LogP contribution < -0.4 is 10.6 Å². The number of anilines is 2. The summed E-state index contributed by atoms with van der Waals surface area (Å²) in [7, 11) is 0. The van der Waals surface area contributed by atoms with E-state index in [2.05, 4.69) is 33.5 Å². The summed E-state index contributed by atoms with van der Waals surface area (Å²) >= 11 is 7.22. The first-order valence-corrected chi connectivity index (χ1v) is 12.3. The standard InChI is InChI=1S/C28H25ClN4O2S/c1-6-8-24(29)33-27-18(3)13-23(36-27)26(35)32-22-15-21(12-11-17(22)2)31-25(34)19-9-7-10-20(14-19)28(4,5)16-30/h7,9-15H,1-5H3,(H,31,34)(H,32,35)/b33-24+. The molecule has 1 aromatic heterocycles. The largest absolute Gasteiger partial charge is 0.322 e. The lowest BCUT2D eigenvalue weighted by atomic mass is 9.85. The van der Waals surface area contributed by atoms with Gasteiger partial charge in [-0.2, -0.15) is 5.26 Å². The summed E-state index contributed by atoms with van der Waals surface area (Å²) in [4.78, 5) is 30.6. The maximum Gasteiger partial charge on any atom is 0.265 e. The van der Waals surface area contributed by atoms with E-state index in [9.17, 15) is 14.9 Å². The van der Waals surface area contributed by atoms with Crippen molar-refractivity contribution >= 4 is 56.3 Å². The maximum absolute atomic E-state index is 12.9. The highest BCUT2D eigenvalue weighted by molar-refractivity contribution is 7.18. The maximum atomic E-state index is 12.9. The molecule has 0 saturated heterocycles. The van der Waals surface area contributed by atoms with Gasteiger partial charge in [0.25, 0.3) is 11.8 Å². The molecule has 0 aliphatic rings. The Morgan fingerprint density at radius 1 is 1.03 bits per heavy atom. The Morgan fingerprint density at radius 3 is 2.47 bits per heavy atom. The van der Waals surface area contributed by atoms with Crippen LogP contribution in [0.1, 0.15) is 57.5 Å². The summed E-state index contributed by atoms with van der Waals surface area (Å²) in [5.41, 5.74) is 3.25. The normalized spacial score (nSPS) is 11.2. The highest BCUT2D eigenvalue weighted by atomic mass is 35.5. The van der Waals surface area contributed by atoms with E-state index in [0.717, 1.165) is 16.7 Å². The number of thiophene rings is 1. The van der Waals surface area contributed by atoms with E-state index < -0.39 is 5.41 Å². The molecule has 2 amide bonds. The van der Waals surface area contributed by atoms with Crippen LogP contribution in [0.15, 0.2) is 53.5 Å². The molecule has 0 atom stereocenters. The molecule has 0 bridgehead atoms. The zero-order valence-electron chi connectivity index (χ0n) is 20.6. The molecule has 3 aromatic rings. The average Bonchev–Trinajstić information content (AvgIpc) is 3.21. The van der Waals surface area contributed by atoms with Crippen molar-refractivity contribution < 1.29 is 9.59 Å². The van der Waals surface area contributed by atoms with E-state index in [1.165, 1.54) is 11.3 Å². The van der Waals surface area contributed by atoms with E-state index in [-0.39, 0.29) is 17.0 Å². The third-order valence-electron chi connectivity index (χ3n) is 5.41. The minimum Gasteiger partial charge on any atom is -0.322 e. The Balaban J connectivity index is 1.79. The number of carbonyl (C=O) groups excluding carboxylic acids is 2. The van der Waals surface area contributed by atoms with Crippen molar-refractivity contribution in [2.45, 2.75) is 40.0 Å². The van der Waals surface area contributed by atoms with Gasteiger partial charge in [-0.3, -0.25) is 9.59 Å². The van der Waals surface area contributed by atoms with Gasteiger partial charge in [0, 0.05) is 16.9 Å². The quantitative estimate of drug-likeness (QED) is 0.274. The molecule has 36 heavy (non-hydrogen) atoms. The van der Waals surface area contributed by atoms with Crippen LogP contribution in [-0.4, -0.2) is 17.0 Å². The summed E-state index contributed by atoms with van der Waals surface area (Å²) in [5.74, 6) is 4.76. The van der Waals surface area contributed by atoms with Gasteiger partial charge in [0.1, 0.15) is 5.00 Å². The monoisotopic (exact) mass is 516 g/mol. The van der Waals surface area contributed by atoms with E-state index in [4.69, 9.17) is 11.6 Å². The Hall–Kier alpha value is -3.91. The molecule has 0 aliphatic heterocycles. The fourth-order valence-corrected chi connectivity index (χ4v) is 4.42. The van der Waals surface area contributed by atoms with Crippen LogP contribution in [0.3, 0.4) is 0 Å². The van der Waals surface area contributed by atoms with Gasteiger partial charge in [0.2, 0.25) is 0 Å². The van der Waals surface area contributed by atoms with Crippen LogP contribution in [-0.2, 0) is 5.41 Å². The van der Waals surface area contributed by atoms with Crippen molar-refractivity contribution in [3.8, 4) is 17.9 Å². The second kappa shape index (κ2) is 11.2. The summed E-state index contributed by atoms with van der Waals surface area (Å²) in [6, 6.07) is 16.3.